The summed E-state index contributed by atoms with van der Waals surface area (Å²) in [6, 6.07) is 0. The van der Waals surface area contributed by atoms with Crippen LogP contribution in [-0.4, -0.2) is 26.4 Å². The quantitative estimate of drug-likeness (QED) is 0.641. The molecule has 2 atom stereocenters. The minimum atomic E-state index is -0.768. The van der Waals surface area contributed by atoms with Crippen molar-refractivity contribution in [1.82, 2.24) is 0 Å². The van der Waals surface area contributed by atoms with E-state index in [-0.39, 0.29) is 5.92 Å². The van der Waals surface area contributed by atoms with Crippen molar-refractivity contribution in [2.24, 2.45) is 11.7 Å². The number of ether oxygens (including phenoxy) is 1. The van der Waals surface area contributed by atoms with Crippen LogP contribution in [0.25, 0.3) is 0 Å². The van der Waals surface area contributed by atoms with E-state index in [0.717, 1.165) is 6.42 Å². The minimum Gasteiger partial charge on any atom is -0.385 e. The molecule has 0 rings (SSSR count). The number of halogens is 1. The highest BCUT2D eigenvalue weighted by atomic mass is 19.1. The van der Waals surface area contributed by atoms with Gasteiger partial charge in [-0.2, -0.15) is 0 Å². The molecule has 0 saturated carbocycles. The molecule has 2 nitrogen and oxygen atoms in total. The van der Waals surface area contributed by atoms with Gasteiger partial charge in [-0.1, -0.05) is 6.92 Å². The molecule has 0 bridgehead atoms. The van der Waals surface area contributed by atoms with E-state index in [1.165, 1.54) is 0 Å². The number of hydrogen-bond acceptors (Lipinski definition) is 2. The highest BCUT2D eigenvalue weighted by Crippen LogP contribution is 2.14. The lowest BCUT2D eigenvalue weighted by atomic mass is 10.0. The second-order valence-corrected chi connectivity index (χ2v) is 2.85. The first-order valence-corrected chi connectivity index (χ1v) is 4.05. The van der Waals surface area contributed by atoms with Crippen molar-refractivity contribution in [2.75, 3.05) is 20.3 Å². The van der Waals surface area contributed by atoms with E-state index in [1.807, 2.05) is 6.92 Å². The normalized spacial score (nSPS) is 16.4. The second-order valence-electron chi connectivity index (χ2n) is 2.85. The van der Waals surface area contributed by atoms with Gasteiger partial charge in [-0.3, -0.25) is 0 Å². The van der Waals surface area contributed by atoms with Crippen LogP contribution >= 0.6 is 0 Å². The van der Waals surface area contributed by atoms with Gasteiger partial charge in [0.05, 0.1) is 0 Å². The predicted molar refractivity (Wildman–Crippen MR) is 44.2 cm³/mol. The summed E-state index contributed by atoms with van der Waals surface area (Å²) in [5.74, 6) is 0.0681. The van der Waals surface area contributed by atoms with E-state index in [4.69, 9.17) is 10.5 Å². The van der Waals surface area contributed by atoms with Crippen molar-refractivity contribution < 1.29 is 9.13 Å². The third-order valence-corrected chi connectivity index (χ3v) is 1.84. The Bertz CT molecular complexity index is 90.2. The molecule has 0 aliphatic rings. The van der Waals surface area contributed by atoms with Crippen LogP contribution in [0.2, 0.25) is 0 Å². The van der Waals surface area contributed by atoms with Gasteiger partial charge in [0.25, 0.3) is 0 Å². The summed E-state index contributed by atoms with van der Waals surface area (Å²) in [6.45, 7) is 2.95. The molecule has 0 radical (unpaired) electrons. The molecule has 0 aromatic rings. The first kappa shape index (κ1) is 10.8. The van der Waals surface area contributed by atoms with E-state index in [0.29, 0.717) is 19.6 Å². The van der Waals surface area contributed by atoms with E-state index in [2.05, 4.69) is 0 Å². The van der Waals surface area contributed by atoms with Crippen LogP contribution in [0, 0.1) is 5.92 Å². The van der Waals surface area contributed by atoms with E-state index in [1.54, 1.807) is 7.11 Å². The smallest absolute Gasteiger partial charge is 0.104 e. The zero-order chi connectivity index (χ0) is 8.69. The lowest BCUT2D eigenvalue weighted by Crippen LogP contribution is -2.18. The van der Waals surface area contributed by atoms with E-state index < -0.39 is 6.17 Å². The van der Waals surface area contributed by atoms with Gasteiger partial charge in [0.15, 0.2) is 0 Å². The Kier molecular flexibility index (Phi) is 6.46. The summed E-state index contributed by atoms with van der Waals surface area (Å²) in [6.07, 6.45) is 0.470. The first-order valence-electron chi connectivity index (χ1n) is 4.05. The van der Waals surface area contributed by atoms with Crippen molar-refractivity contribution in [3.63, 3.8) is 0 Å². The van der Waals surface area contributed by atoms with Crippen molar-refractivity contribution in [1.29, 1.82) is 0 Å². The van der Waals surface area contributed by atoms with Crippen LogP contribution in [0.1, 0.15) is 19.8 Å². The number of methoxy groups -OCH3 is 1. The Balaban J connectivity index is 3.38. The molecule has 2 unspecified atom stereocenters. The van der Waals surface area contributed by atoms with Gasteiger partial charge >= 0.3 is 0 Å². The maximum atomic E-state index is 13.0. The van der Waals surface area contributed by atoms with Crippen molar-refractivity contribution in [2.45, 2.75) is 25.9 Å². The van der Waals surface area contributed by atoms with Crippen molar-refractivity contribution in [3.8, 4) is 0 Å². The van der Waals surface area contributed by atoms with Gasteiger partial charge in [0, 0.05) is 13.7 Å². The molecular weight excluding hydrogens is 145 g/mol. The molecule has 0 aliphatic carbocycles. The molecule has 11 heavy (non-hydrogen) atoms. The van der Waals surface area contributed by atoms with Gasteiger partial charge in [-0.15, -0.1) is 0 Å². The van der Waals surface area contributed by atoms with Crippen LogP contribution in [0.5, 0.6) is 0 Å². The minimum absolute atomic E-state index is 0.0681. The zero-order valence-electron chi connectivity index (χ0n) is 7.35. The lowest BCUT2D eigenvalue weighted by Gasteiger charge is -2.14. The van der Waals surface area contributed by atoms with Gasteiger partial charge in [-0.05, 0) is 25.3 Å². The van der Waals surface area contributed by atoms with Crippen LogP contribution in [0.15, 0.2) is 0 Å². The van der Waals surface area contributed by atoms with Crippen LogP contribution in [-0.2, 0) is 4.74 Å². The maximum Gasteiger partial charge on any atom is 0.104 e. The fraction of sp³-hybridized carbons (Fsp3) is 1.00. The largest absolute Gasteiger partial charge is 0.385 e. The highest BCUT2D eigenvalue weighted by Gasteiger charge is 2.14. The molecule has 2 N–H and O–H groups in total. The second kappa shape index (κ2) is 6.55. The predicted octanol–water partition coefficient (Wildman–Crippen LogP) is 1.35. The van der Waals surface area contributed by atoms with Crippen molar-refractivity contribution >= 4 is 0 Å². The third-order valence-electron chi connectivity index (χ3n) is 1.84. The molecule has 3 heteroatoms. The average Bonchev–Trinajstić information content (AvgIpc) is 2.00. The third kappa shape index (κ3) is 5.16. The molecular formula is C8H18FNO. The van der Waals surface area contributed by atoms with Gasteiger partial charge in [0.2, 0.25) is 0 Å². The summed E-state index contributed by atoms with van der Waals surface area (Å²) >= 11 is 0. The standard InChI is InChI=1S/C8H18FNO/c1-7(4-6-11-2)8(9)3-5-10/h7-8H,3-6,10H2,1-2H3. The maximum absolute atomic E-state index is 13.0. The summed E-state index contributed by atoms with van der Waals surface area (Å²) in [5, 5.41) is 0. The fourth-order valence-electron chi connectivity index (χ4n) is 0.928. The summed E-state index contributed by atoms with van der Waals surface area (Å²) in [7, 11) is 1.63. The Hall–Kier alpha value is -0.150. The van der Waals surface area contributed by atoms with Crippen LogP contribution in [0.3, 0.4) is 0 Å². The average molecular weight is 163 g/mol. The SMILES string of the molecule is COCCC(C)C(F)CCN. The molecule has 0 saturated heterocycles. The molecule has 0 spiro atoms. The van der Waals surface area contributed by atoms with Gasteiger partial charge in [-0.25, -0.2) is 4.39 Å². The topological polar surface area (TPSA) is 35.2 Å². The van der Waals surface area contributed by atoms with Gasteiger partial charge < -0.3 is 10.5 Å². The van der Waals surface area contributed by atoms with E-state index >= 15 is 0 Å². The Labute approximate surface area is 67.9 Å². The fourth-order valence-corrected chi connectivity index (χ4v) is 0.928. The van der Waals surface area contributed by atoms with Crippen LogP contribution in [0.4, 0.5) is 4.39 Å². The van der Waals surface area contributed by atoms with Crippen molar-refractivity contribution in [3.05, 3.63) is 0 Å². The molecule has 0 amide bonds. The molecule has 0 aromatic carbocycles. The number of alkyl halides is 1. The molecule has 0 fully saturated rings. The lowest BCUT2D eigenvalue weighted by molar-refractivity contribution is 0.145. The van der Waals surface area contributed by atoms with Crippen LogP contribution < -0.4 is 5.73 Å². The summed E-state index contributed by atoms with van der Waals surface area (Å²) in [4.78, 5) is 0. The molecule has 0 heterocycles. The number of hydrogen-bond donors (Lipinski definition) is 1. The Morgan fingerprint density at radius 1 is 1.45 bits per heavy atom. The first-order chi connectivity index (χ1) is 5.22. The van der Waals surface area contributed by atoms with Gasteiger partial charge in [0.1, 0.15) is 6.17 Å². The number of rotatable bonds is 6. The van der Waals surface area contributed by atoms with E-state index in [9.17, 15) is 4.39 Å². The molecule has 0 aromatic heterocycles. The number of nitrogens with two attached hydrogens (primary N) is 1. The Morgan fingerprint density at radius 3 is 2.55 bits per heavy atom. The summed E-state index contributed by atoms with van der Waals surface area (Å²) in [5.41, 5.74) is 5.22. The monoisotopic (exact) mass is 163 g/mol. The zero-order valence-corrected chi connectivity index (χ0v) is 7.35. The Morgan fingerprint density at radius 2 is 2.09 bits per heavy atom. The highest BCUT2D eigenvalue weighted by molar-refractivity contribution is 4.64. The summed E-state index contributed by atoms with van der Waals surface area (Å²) < 4.78 is 17.8. The molecule has 68 valence electrons. The molecule has 0 aliphatic heterocycles.